The van der Waals surface area contributed by atoms with Crippen molar-refractivity contribution in [2.24, 2.45) is 0 Å². The number of hydrogen-bond donors (Lipinski definition) is 0. The fourth-order valence-electron chi connectivity index (χ4n) is 9.90. The molecular weight excluding hydrogens is 821 g/mol. The van der Waals surface area contributed by atoms with E-state index >= 15 is 0 Å². The molecule has 2 heteroatoms. The van der Waals surface area contributed by atoms with E-state index in [9.17, 15) is 0 Å². The number of unbranched alkanes of at least 4 members (excludes halogenated alkanes) is 2. The number of fused-ring (bicyclic) bond motifs is 2. The maximum Gasteiger partial charge on any atom is 0.0468 e. The zero-order valence-corrected chi connectivity index (χ0v) is 41.6. The molecule has 0 atom stereocenters. The minimum absolute atomic E-state index is 0.000302. The zero-order valence-electron chi connectivity index (χ0n) is 41.6. The third kappa shape index (κ3) is 9.74. The van der Waals surface area contributed by atoms with E-state index in [-0.39, 0.29) is 10.8 Å². The highest BCUT2D eigenvalue weighted by molar-refractivity contribution is 6.22. The molecule has 9 rings (SSSR count). The lowest BCUT2D eigenvalue weighted by atomic mass is 9.85. The normalized spacial score (nSPS) is 11.9. The summed E-state index contributed by atoms with van der Waals surface area (Å²) in [6, 6.07) is 73.3. The highest BCUT2D eigenvalue weighted by Crippen LogP contribution is 2.49. The molecule has 0 saturated heterocycles. The molecule has 0 radical (unpaired) electrons. The molecule has 2 nitrogen and oxygen atoms in total. The highest BCUT2D eigenvalue weighted by Gasteiger charge is 2.24. The number of aryl methyl sites for hydroxylation is 2. The van der Waals surface area contributed by atoms with Gasteiger partial charge in [-0.1, -0.05) is 190 Å². The van der Waals surface area contributed by atoms with Crippen LogP contribution in [0.1, 0.15) is 103 Å². The minimum atomic E-state index is -0.000302. The minimum Gasteiger partial charge on any atom is -0.310 e. The van der Waals surface area contributed by atoms with Crippen molar-refractivity contribution in [3.8, 4) is 22.3 Å². The summed E-state index contributed by atoms with van der Waals surface area (Å²) < 4.78 is 0. The van der Waals surface area contributed by atoms with Gasteiger partial charge in [-0.25, -0.2) is 0 Å². The van der Waals surface area contributed by atoms with Gasteiger partial charge in [0.2, 0.25) is 0 Å². The van der Waals surface area contributed by atoms with Gasteiger partial charge in [-0.15, -0.1) is 0 Å². The molecular formula is C66H68N2. The lowest BCUT2D eigenvalue weighted by Gasteiger charge is -2.30. The van der Waals surface area contributed by atoms with Gasteiger partial charge in [0.25, 0.3) is 0 Å². The van der Waals surface area contributed by atoms with Gasteiger partial charge in [0.1, 0.15) is 0 Å². The van der Waals surface area contributed by atoms with E-state index in [1.807, 2.05) is 0 Å². The fourth-order valence-corrected chi connectivity index (χ4v) is 9.90. The van der Waals surface area contributed by atoms with Gasteiger partial charge < -0.3 is 9.80 Å². The molecule has 0 unspecified atom stereocenters. The van der Waals surface area contributed by atoms with Gasteiger partial charge in [-0.2, -0.15) is 0 Å². The van der Waals surface area contributed by atoms with Crippen LogP contribution in [-0.4, -0.2) is 0 Å². The van der Waals surface area contributed by atoms with Gasteiger partial charge in [0, 0.05) is 34.1 Å². The van der Waals surface area contributed by atoms with Crippen LogP contribution in [0.2, 0.25) is 0 Å². The second-order valence-corrected chi connectivity index (χ2v) is 20.8. The maximum atomic E-state index is 2.48. The Bertz CT molecular complexity index is 2950. The summed E-state index contributed by atoms with van der Waals surface area (Å²) in [7, 11) is 0. The topological polar surface area (TPSA) is 6.48 Å². The predicted molar refractivity (Wildman–Crippen MR) is 296 cm³/mol. The molecule has 0 aliphatic heterocycles. The van der Waals surface area contributed by atoms with Crippen molar-refractivity contribution < 1.29 is 0 Å². The zero-order chi connectivity index (χ0) is 47.4. The van der Waals surface area contributed by atoms with E-state index in [1.165, 1.54) is 103 Å². The van der Waals surface area contributed by atoms with Crippen molar-refractivity contribution in [1.29, 1.82) is 0 Å². The SMILES string of the molecule is CCCCc1cccc(N(c2cccc(C(C)(C)C)c2)c2ccc3c(-c4ccccc4)c4cc(N(c5cccc(CCCC)c5)c5cccc(C(C)(C)C)c5)ccc4c(-c4ccccc4)c3c2)c1. The molecule has 0 N–H and O–H groups in total. The Labute approximate surface area is 406 Å². The van der Waals surface area contributed by atoms with Gasteiger partial charge in [0.15, 0.2) is 0 Å². The van der Waals surface area contributed by atoms with E-state index in [1.54, 1.807) is 0 Å². The summed E-state index contributed by atoms with van der Waals surface area (Å²) in [5, 5.41) is 4.91. The molecule has 0 fully saturated rings. The molecule has 0 amide bonds. The van der Waals surface area contributed by atoms with Crippen molar-refractivity contribution in [3.63, 3.8) is 0 Å². The standard InChI is InChI=1S/C66H68N2/c1-9-11-23-47-25-19-33-53(41-47)67(55-35-21-31-51(43-55)65(3,4)5)57-37-39-59-61(45-57)63(49-27-15-13-16-28-49)60-40-38-58(46-62(60)64(59)50-29-17-14-18-30-50)68(54-34-20-26-48(42-54)24-12-10-2)56-36-22-32-52(44-56)66(6,7)8/h13-22,25-46H,9-12,23-24H2,1-8H3. The first-order valence-electron chi connectivity index (χ1n) is 25.0. The second-order valence-electron chi connectivity index (χ2n) is 20.8. The van der Waals surface area contributed by atoms with Gasteiger partial charge in [0.05, 0.1) is 0 Å². The average Bonchev–Trinajstić information content (AvgIpc) is 3.35. The molecule has 0 saturated carbocycles. The summed E-state index contributed by atoms with van der Waals surface area (Å²) in [5.41, 5.74) is 17.2. The highest BCUT2D eigenvalue weighted by atomic mass is 15.1. The van der Waals surface area contributed by atoms with Crippen molar-refractivity contribution in [1.82, 2.24) is 0 Å². The van der Waals surface area contributed by atoms with E-state index in [0.29, 0.717) is 0 Å². The van der Waals surface area contributed by atoms with Crippen LogP contribution in [0, 0.1) is 0 Å². The van der Waals surface area contributed by atoms with Gasteiger partial charge in [-0.3, -0.25) is 0 Å². The van der Waals surface area contributed by atoms with Crippen LogP contribution in [0.25, 0.3) is 43.8 Å². The summed E-state index contributed by atoms with van der Waals surface area (Å²) in [6.07, 6.45) is 6.80. The first-order valence-corrected chi connectivity index (χ1v) is 25.0. The molecule has 0 aliphatic carbocycles. The molecule has 0 bridgehead atoms. The fraction of sp³-hybridized carbons (Fsp3) is 0.242. The Kier molecular flexibility index (Phi) is 13.4. The molecule has 342 valence electrons. The number of nitrogens with zero attached hydrogens (tertiary/aromatic N) is 2. The van der Waals surface area contributed by atoms with Crippen molar-refractivity contribution in [2.45, 2.75) is 105 Å². The van der Waals surface area contributed by atoms with Crippen LogP contribution in [-0.2, 0) is 23.7 Å². The average molecular weight is 889 g/mol. The summed E-state index contributed by atoms with van der Waals surface area (Å²) in [4.78, 5) is 4.96. The largest absolute Gasteiger partial charge is 0.310 e. The number of hydrogen-bond acceptors (Lipinski definition) is 2. The first kappa shape index (κ1) is 46.2. The van der Waals surface area contributed by atoms with E-state index in [4.69, 9.17) is 0 Å². The summed E-state index contributed by atoms with van der Waals surface area (Å²) in [6.45, 7) is 18.4. The third-order valence-corrected chi connectivity index (χ3v) is 13.6. The van der Waals surface area contributed by atoms with Crippen LogP contribution >= 0.6 is 0 Å². The van der Waals surface area contributed by atoms with E-state index in [2.05, 4.69) is 259 Å². The van der Waals surface area contributed by atoms with Crippen molar-refractivity contribution in [2.75, 3.05) is 9.80 Å². The lowest BCUT2D eigenvalue weighted by molar-refractivity contribution is 0.590. The molecule has 9 aromatic rings. The van der Waals surface area contributed by atoms with Crippen molar-refractivity contribution >= 4 is 55.7 Å². The Morgan fingerprint density at radius 2 is 0.676 bits per heavy atom. The molecule has 0 heterocycles. The van der Waals surface area contributed by atoms with Gasteiger partial charge >= 0.3 is 0 Å². The third-order valence-electron chi connectivity index (χ3n) is 13.6. The Morgan fingerprint density at radius 1 is 0.324 bits per heavy atom. The summed E-state index contributed by atoms with van der Waals surface area (Å²) >= 11 is 0. The molecule has 68 heavy (non-hydrogen) atoms. The van der Waals surface area contributed by atoms with Crippen LogP contribution in [0.5, 0.6) is 0 Å². The Morgan fingerprint density at radius 3 is 1.04 bits per heavy atom. The first-order chi connectivity index (χ1) is 32.9. The van der Waals surface area contributed by atoms with Crippen LogP contribution in [0.15, 0.2) is 194 Å². The smallest absolute Gasteiger partial charge is 0.0468 e. The number of rotatable bonds is 14. The number of anilines is 6. The molecule has 0 spiro atoms. The van der Waals surface area contributed by atoms with Gasteiger partial charge in [-0.05, 0) is 175 Å². The monoisotopic (exact) mass is 889 g/mol. The second kappa shape index (κ2) is 19.7. The number of benzene rings is 9. The molecule has 0 aliphatic rings. The van der Waals surface area contributed by atoms with Crippen LogP contribution in [0.3, 0.4) is 0 Å². The predicted octanol–water partition coefficient (Wildman–Crippen LogP) is 19.5. The lowest BCUT2D eigenvalue weighted by Crippen LogP contribution is -2.15. The Balaban J connectivity index is 1.34. The van der Waals surface area contributed by atoms with Crippen LogP contribution < -0.4 is 9.80 Å². The van der Waals surface area contributed by atoms with Crippen molar-refractivity contribution in [3.05, 3.63) is 216 Å². The molecule has 0 aromatic heterocycles. The quantitative estimate of drug-likeness (QED) is 0.100. The summed E-state index contributed by atoms with van der Waals surface area (Å²) in [5.74, 6) is 0. The van der Waals surface area contributed by atoms with E-state index in [0.717, 1.165) is 35.6 Å². The Hall–Kier alpha value is -6.90. The maximum absolute atomic E-state index is 2.48. The van der Waals surface area contributed by atoms with E-state index < -0.39 is 0 Å². The molecule has 9 aromatic carbocycles. The van der Waals surface area contributed by atoms with Crippen LogP contribution in [0.4, 0.5) is 34.1 Å².